The van der Waals surface area contributed by atoms with E-state index in [1.165, 1.54) is 91.8 Å². The standard InChI is InChI=1S/C49H32S/c1-31-11-8-21-44-48-39(20-10-22-45(48)50-49(31)44)37-14-9-15-38(30-37)47-42-18-6-4-16-40(42)46(41-17-5-7-19-43(41)47)34-26-23-33(24-27-34)36-28-25-32-12-2-3-13-35(32)29-36/h2-30H,1H3/i2D. The lowest BCUT2D eigenvalue weighted by Crippen LogP contribution is -1.91. The molecule has 0 aliphatic carbocycles. The zero-order valence-electron chi connectivity index (χ0n) is 28.6. The number of aryl methyl sites for hydroxylation is 1. The maximum atomic E-state index is 7.97. The lowest BCUT2D eigenvalue weighted by molar-refractivity contribution is 1.56. The Labute approximate surface area is 296 Å². The summed E-state index contributed by atoms with van der Waals surface area (Å²) in [5.74, 6) is 0. The van der Waals surface area contributed by atoms with Crippen LogP contribution in [0.2, 0.25) is 0 Å². The van der Waals surface area contributed by atoms with Crippen molar-refractivity contribution in [3.63, 3.8) is 0 Å². The van der Waals surface area contributed by atoms with Crippen molar-refractivity contribution in [3.8, 4) is 44.5 Å². The topological polar surface area (TPSA) is 0 Å². The molecule has 10 rings (SSSR count). The summed E-state index contributed by atoms with van der Waals surface area (Å²) in [5, 5.41) is 9.95. The molecule has 0 N–H and O–H groups in total. The molecule has 0 saturated heterocycles. The van der Waals surface area contributed by atoms with Crippen LogP contribution < -0.4 is 0 Å². The second kappa shape index (κ2) is 11.6. The van der Waals surface area contributed by atoms with Crippen LogP contribution in [0.15, 0.2) is 176 Å². The number of rotatable bonds is 4. The van der Waals surface area contributed by atoms with Gasteiger partial charge < -0.3 is 0 Å². The number of fused-ring (bicyclic) bond motifs is 6. The van der Waals surface area contributed by atoms with Gasteiger partial charge in [-0.05, 0) is 108 Å². The Morgan fingerprint density at radius 3 is 1.80 bits per heavy atom. The van der Waals surface area contributed by atoms with Gasteiger partial charge in [0.05, 0.1) is 1.37 Å². The molecule has 0 unspecified atom stereocenters. The smallest absolute Gasteiger partial charge is 0.0623 e. The van der Waals surface area contributed by atoms with Crippen LogP contribution in [0.3, 0.4) is 0 Å². The van der Waals surface area contributed by atoms with Gasteiger partial charge in [0.2, 0.25) is 0 Å². The normalized spacial score (nSPS) is 12.0. The minimum atomic E-state index is 0.539. The van der Waals surface area contributed by atoms with E-state index >= 15 is 0 Å². The summed E-state index contributed by atoms with van der Waals surface area (Å²) in [6.07, 6.45) is 0. The number of thiophene rings is 1. The Kier molecular flexibility index (Phi) is 6.44. The zero-order chi connectivity index (χ0) is 34.1. The highest BCUT2D eigenvalue weighted by Crippen LogP contribution is 2.46. The first kappa shape index (κ1) is 27.9. The second-order valence-corrected chi connectivity index (χ2v) is 14.3. The van der Waals surface area contributed by atoms with Crippen molar-refractivity contribution in [3.05, 3.63) is 181 Å². The Balaban J connectivity index is 1.14. The lowest BCUT2D eigenvalue weighted by atomic mass is 9.85. The summed E-state index contributed by atoms with van der Waals surface area (Å²) in [6.45, 7) is 2.21. The summed E-state index contributed by atoms with van der Waals surface area (Å²) in [6, 6.07) is 62.3. The van der Waals surface area contributed by atoms with Crippen LogP contribution in [0.1, 0.15) is 6.93 Å². The van der Waals surface area contributed by atoms with Crippen molar-refractivity contribution in [2.45, 2.75) is 6.92 Å². The van der Waals surface area contributed by atoms with E-state index in [1.807, 2.05) is 29.5 Å². The maximum Gasteiger partial charge on any atom is 0.0623 e. The van der Waals surface area contributed by atoms with Crippen molar-refractivity contribution in [2.75, 3.05) is 0 Å². The Morgan fingerprint density at radius 2 is 1.04 bits per heavy atom. The molecule has 1 heterocycles. The summed E-state index contributed by atoms with van der Waals surface area (Å²) in [5.41, 5.74) is 11.2. The molecule has 0 fully saturated rings. The first-order valence-electron chi connectivity index (χ1n) is 17.7. The first-order chi connectivity index (χ1) is 25.1. The SMILES string of the molecule is [2H]c1ccc2cc(-c3ccc(-c4c5ccccc5c(-c5cccc(-c6cccc7sc8c(C)cccc8c67)c5)c5ccccc45)cc3)ccc2c1. The monoisotopic (exact) mass is 653 g/mol. The van der Waals surface area contributed by atoms with Gasteiger partial charge in [0.15, 0.2) is 0 Å². The molecule has 0 nitrogen and oxygen atoms in total. The fourth-order valence-corrected chi connectivity index (χ4v) is 9.15. The van der Waals surface area contributed by atoms with Crippen LogP contribution in [0, 0.1) is 6.92 Å². The third kappa shape index (κ3) is 4.59. The van der Waals surface area contributed by atoms with Crippen LogP contribution in [-0.2, 0) is 0 Å². The average molecular weight is 654 g/mol. The van der Waals surface area contributed by atoms with Gasteiger partial charge in [-0.15, -0.1) is 11.3 Å². The largest absolute Gasteiger partial charge is 0.135 e. The molecular formula is C49H32S. The van der Waals surface area contributed by atoms with Gasteiger partial charge in [0.25, 0.3) is 0 Å². The average Bonchev–Trinajstić information content (AvgIpc) is 3.57. The minimum absolute atomic E-state index is 0.539. The van der Waals surface area contributed by atoms with E-state index in [4.69, 9.17) is 1.37 Å². The van der Waals surface area contributed by atoms with Gasteiger partial charge >= 0.3 is 0 Å². The van der Waals surface area contributed by atoms with E-state index in [-0.39, 0.29) is 0 Å². The Hall–Kier alpha value is -6.02. The molecule has 234 valence electrons. The van der Waals surface area contributed by atoms with E-state index < -0.39 is 0 Å². The van der Waals surface area contributed by atoms with Crippen molar-refractivity contribution in [2.24, 2.45) is 0 Å². The van der Waals surface area contributed by atoms with Gasteiger partial charge in [-0.1, -0.05) is 158 Å². The summed E-state index contributed by atoms with van der Waals surface area (Å²) in [7, 11) is 0. The zero-order valence-corrected chi connectivity index (χ0v) is 28.4. The molecule has 0 saturated carbocycles. The third-order valence-electron chi connectivity index (χ3n) is 10.3. The summed E-state index contributed by atoms with van der Waals surface area (Å²) >= 11 is 1.89. The van der Waals surface area contributed by atoms with Gasteiger partial charge in [-0.3, -0.25) is 0 Å². The first-order valence-corrected chi connectivity index (χ1v) is 18.0. The van der Waals surface area contributed by atoms with Gasteiger partial charge in [0, 0.05) is 20.2 Å². The van der Waals surface area contributed by atoms with Crippen molar-refractivity contribution in [1.82, 2.24) is 0 Å². The molecule has 1 heteroatoms. The molecule has 9 aromatic carbocycles. The predicted octanol–water partition coefficient (Wildman–Crippen LogP) is 14.5. The molecule has 0 bridgehead atoms. The maximum absolute atomic E-state index is 7.97. The predicted molar refractivity (Wildman–Crippen MR) is 218 cm³/mol. The van der Waals surface area contributed by atoms with Crippen molar-refractivity contribution < 1.29 is 1.37 Å². The van der Waals surface area contributed by atoms with E-state index in [1.54, 1.807) is 0 Å². The fraction of sp³-hybridized carbons (Fsp3) is 0.0204. The summed E-state index contributed by atoms with van der Waals surface area (Å²) < 4.78 is 10.7. The molecule has 50 heavy (non-hydrogen) atoms. The van der Waals surface area contributed by atoms with Gasteiger partial charge in [-0.2, -0.15) is 0 Å². The number of hydrogen-bond donors (Lipinski definition) is 0. The Morgan fingerprint density at radius 1 is 0.420 bits per heavy atom. The van der Waals surface area contributed by atoms with Crippen LogP contribution in [-0.4, -0.2) is 0 Å². The van der Waals surface area contributed by atoms with Gasteiger partial charge in [0.1, 0.15) is 0 Å². The van der Waals surface area contributed by atoms with Crippen molar-refractivity contribution >= 4 is 63.8 Å². The molecule has 0 radical (unpaired) electrons. The fourth-order valence-electron chi connectivity index (χ4n) is 7.96. The van der Waals surface area contributed by atoms with Crippen molar-refractivity contribution in [1.29, 1.82) is 0 Å². The quantitative estimate of drug-likeness (QED) is 0.166. The highest BCUT2D eigenvalue weighted by molar-refractivity contribution is 7.26. The van der Waals surface area contributed by atoms with E-state index in [9.17, 15) is 0 Å². The molecule has 0 amide bonds. The van der Waals surface area contributed by atoms with Gasteiger partial charge in [-0.25, -0.2) is 0 Å². The molecule has 1 aromatic heterocycles. The summed E-state index contributed by atoms with van der Waals surface area (Å²) in [4.78, 5) is 0. The Bertz CT molecular complexity index is 2930. The second-order valence-electron chi connectivity index (χ2n) is 13.2. The number of benzene rings is 9. The lowest BCUT2D eigenvalue weighted by Gasteiger charge is -2.18. The highest BCUT2D eigenvalue weighted by Gasteiger charge is 2.18. The highest BCUT2D eigenvalue weighted by atomic mass is 32.1. The van der Waals surface area contributed by atoms with Crippen LogP contribution in [0.4, 0.5) is 0 Å². The number of hydrogen-bond acceptors (Lipinski definition) is 1. The third-order valence-corrected chi connectivity index (χ3v) is 11.6. The van der Waals surface area contributed by atoms with Crippen LogP contribution in [0.5, 0.6) is 0 Å². The molecule has 0 aliphatic rings. The van der Waals surface area contributed by atoms with E-state index in [0.717, 1.165) is 10.8 Å². The molecule has 0 aliphatic heterocycles. The molecular weight excluding hydrogens is 621 g/mol. The van der Waals surface area contributed by atoms with E-state index in [0.29, 0.717) is 6.04 Å². The van der Waals surface area contributed by atoms with Crippen LogP contribution >= 0.6 is 11.3 Å². The molecule has 0 atom stereocenters. The molecule has 10 aromatic rings. The van der Waals surface area contributed by atoms with E-state index in [2.05, 4.69) is 159 Å². The minimum Gasteiger partial charge on any atom is -0.135 e. The van der Waals surface area contributed by atoms with Crippen LogP contribution in [0.25, 0.3) is 97.0 Å². The molecule has 0 spiro atoms.